The van der Waals surface area contributed by atoms with Crippen molar-refractivity contribution >= 4 is 9.52 Å². The Morgan fingerprint density at radius 1 is 0.826 bits per heavy atom. The van der Waals surface area contributed by atoms with Crippen LogP contribution >= 0.6 is 0 Å². The second-order valence-corrected chi connectivity index (χ2v) is 6.88. The van der Waals surface area contributed by atoms with E-state index in [0.717, 1.165) is 15.9 Å². The SMILES string of the molecule is CC1=[C-]CC(C)=C1C.C[SiH]C.Cc1[cH-]c(C)c(C)c1C.[Cl-].[Cl-].[Zr+4]. The summed E-state index contributed by atoms with van der Waals surface area (Å²) >= 11 is 0. The molecule has 0 aromatic heterocycles. The van der Waals surface area contributed by atoms with Crippen LogP contribution in [0.1, 0.15) is 49.4 Å². The van der Waals surface area contributed by atoms with Crippen molar-refractivity contribution in [1.82, 2.24) is 0 Å². The maximum Gasteiger partial charge on any atom is 4.00 e. The minimum absolute atomic E-state index is 0. The van der Waals surface area contributed by atoms with Crippen LogP contribution in [0.5, 0.6) is 0 Å². The van der Waals surface area contributed by atoms with Crippen LogP contribution < -0.4 is 24.8 Å². The molecule has 0 bridgehead atoms. The molecule has 2 rings (SSSR count). The summed E-state index contributed by atoms with van der Waals surface area (Å²) in [5.41, 5.74) is 9.99. The van der Waals surface area contributed by atoms with Gasteiger partial charge in [-0.25, -0.2) is 5.57 Å². The molecule has 0 spiro atoms. The Morgan fingerprint density at radius 2 is 1.17 bits per heavy atom. The predicted octanol–water partition coefficient (Wildman–Crippen LogP) is -0.360. The zero-order valence-electron chi connectivity index (χ0n) is 16.1. The molecule has 0 amide bonds. The van der Waals surface area contributed by atoms with Crippen molar-refractivity contribution in [1.29, 1.82) is 0 Å². The molecular formula is C19H31Cl2SiZr. The summed E-state index contributed by atoms with van der Waals surface area (Å²) in [5.74, 6) is 0. The maximum absolute atomic E-state index is 3.26. The molecule has 0 aliphatic heterocycles. The van der Waals surface area contributed by atoms with Crippen LogP contribution in [0, 0.1) is 33.8 Å². The second kappa shape index (κ2) is 16.0. The molecule has 1 aliphatic rings. The van der Waals surface area contributed by atoms with Crippen LogP contribution in [0.4, 0.5) is 0 Å². The molecule has 0 heterocycles. The summed E-state index contributed by atoms with van der Waals surface area (Å²) in [6.07, 6.45) is 4.31. The maximum atomic E-state index is 3.26. The molecule has 4 heteroatoms. The molecule has 0 nitrogen and oxygen atoms in total. The van der Waals surface area contributed by atoms with Crippen LogP contribution in [0.2, 0.25) is 13.1 Å². The molecule has 0 fully saturated rings. The van der Waals surface area contributed by atoms with Crippen molar-refractivity contribution in [3.8, 4) is 0 Å². The Kier molecular flexibility index (Phi) is 21.8. The summed E-state index contributed by atoms with van der Waals surface area (Å²) in [7, 11) is 0.750. The van der Waals surface area contributed by atoms with Crippen LogP contribution in [0.3, 0.4) is 0 Å². The van der Waals surface area contributed by atoms with Crippen molar-refractivity contribution < 1.29 is 51.0 Å². The minimum Gasteiger partial charge on any atom is -1.00 e. The molecule has 23 heavy (non-hydrogen) atoms. The fourth-order valence-electron chi connectivity index (χ4n) is 1.98. The zero-order valence-corrected chi connectivity index (χ0v) is 21.2. The third-order valence-electron chi connectivity index (χ3n) is 4.00. The van der Waals surface area contributed by atoms with Crippen molar-refractivity contribution in [2.24, 2.45) is 0 Å². The Labute approximate surface area is 178 Å². The first-order valence-corrected chi connectivity index (χ1v) is 9.75. The molecular weight excluding hydrogens is 418 g/mol. The van der Waals surface area contributed by atoms with E-state index in [-0.39, 0.29) is 51.0 Å². The van der Waals surface area contributed by atoms with Gasteiger partial charge in [0.05, 0.1) is 0 Å². The summed E-state index contributed by atoms with van der Waals surface area (Å²) < 4.78 is 0. The first-order valence-electron chi connectivity index (χ1n) is 7.44. The van der Waals surface area contributed by atoms with E-state index in [1.165, 1.54) is 39.0 Å². The zero-order chi connectivity index (χ0) is 15.9. The number of aryl methyl sites for hydroxylation is 2. The third-order valence-corrected chi connectivity index (χ3v) is 4.00. The average Bonchev–Trinajstić information content (AvgIpc) is 2.80. The van der Waals surface area contributed by atoms with E-state index in [1.807, 2.05) is 0 Å². The van der Waals surface area contributed by atoms with Crippen LogP contribution in [0.15, 0.2) is 22.8 Å². The van der Waals surface area contributed by atoms with Gasteiger partial charge in [-0.05, 0) is 0 Å². The van der Waals surface area contributed by atoms with Crippen molar-refractivity contribution in [3.63, 3.8) is 0 Å². The second-order valence-electron chi connectivity index (χ2n) is 5.72. The van der Waals surface area contributed by atoms with Gasteiger partial charge >= 0.3 is 26.2 Å². The first kappa shape index (κ1) is 31.3. The molecule has 1 radical (unpaired) electrons. The Balaban J connectivity index is -0.000000121. The quantitative estimate of drug-likeness (QED) is 0.375. The fourth-order valence-corrected chi connectivity index (χ4v) is 1.98. The van der Waals surface area contributed by atoms with Crippen LogP contribution in [0.25, 0.3) is 0 Å². The third kappa shape index (κ3) is 10.9. The Hall–Kier alpha value is 0.510. The minimum atomic E-state index is 0. The number of rotatable bonds is 0. The molecule has 0 unspecified atom stereocenters. The van der Waals surface area contributed by atoms with Crippen molar-refractivity contribution in [3.05, 3.63) is 51.1 Å². The molecule has 1 aromatic carbocycles. The van der Waals surface area contributed by atoms with E-state index in [9.17, 15) is 0 Å². The topological polar surface area (TPSA) is 0 Å². The Bertz CT molecular complexity index is 472. The van der Waals surface area contributed by atoms with Gasteiger partial charge in [-0.3, -0.25) is 6.08 Å². The average molecular weight is 450 g/mol. The van der Waals surface area contributed by atoms with Crippen molar-refractivity contribution in [2.75, 3.05) is 0 Å². The van der Waals surface area contributed by atoms with Gasteiger partial charge < -0.3 is 24.8 Å². The summed E-state index contributed by atoms with van der Waals surface area (Å²) in [5, 5.41) is 0. The molecule has 0 N–H and O–H groups in total. The van der Waals surface area contributed by atoms with Crippen molar-refractivity contribution in [2.45, 2.75) is 68.0 Å². The number of hydrogen-bond acceptors (Lipinski definition) is 0. The van der Waals surface area contributed by atoms with Gasteiger partial charge in [0, 0.05) is 9.52 Å². The van der Waals surface area contributed by atoms with Gasteiger partial charge in [-0.1, -0.05) is 54.6 Å². The predicted molar refractivity (Wildman–Crippen MR) is 95.3 cm³/mol. The summed E-state index contributed by atoms with van der Waals surface area (Å²) in [6.45, 7) is 19.5. The summed E-state index contributed by atoms with van der Waals surface area (Å²) in [4.78, 5) is 0. The van der Waals surface area contributed by atoms with Gasteiger partial charge in [0.15, 0.2) is 0 Å². The fraction of sp³-hybridized carbons (Fsp3) is 0.526. The first-order chi connectivity index (χ1) is 9.26. The van der Waals surface area contributed by atoms with E-state index in [2.05, 4.69) is 73.7 Å². The number of hydrogen-bond donors (Lipinski definition) is 0. The van der Waals surface area contributed by atoms with Gasteiger partial charge in [0.25, 0.3) is 0 Å². The molecule has 0 saturated heterocycles. The normalized spacial score (nSPS) is 11.6. The molecule has 1 aromatic rings. The van der Waals surface area contributed by atoms with Gasteiger partial charge in [-0.15, -0.1) is 13.3 Å². The number of allylic oxidation sites excluding steroid dienone is 4. The van der Waals surface area contributed by atoms with Crippen LogP contribution in [-0.2, 0) is 26.2 Å². The van der Waals surface area contributed by atoms with E-state index >= 15 is 0 Å². The van der Waals surface area contributed by atoms with Gasteiger partial charge in [-0.2, -0.15) is 39.5 Å². The largest absolute Gasteiger partial charge is 4.00 e. The standard InChI is InChI=1S/C9H13.C8H11.C2H7Si.2ClH.Zr/c1-6-5-7(2)9(4)8(6)3;1-6-4-5-7(2)8(6)3;1-3-2;;;/h5H,1-4H3;4H2,1-3H3;3H,1-2H3;2*1H;/q2*-1;;;;+4/p-2. The monoisotopic (exact) mass is 447 g/mol. The van der Waals surface area contributed by atoms with E-state index in [1.54, 1.807) is 0 Å². The number of halogens is 2. The van der Waals surface area contributed by atoms with Gasteiger partial charge in [0.2, 0.25) is 0 Å². The molecule has 0 atom stereocenters. The van der Waals surface area contributed by atoms with E-state index in [0.29, 0.717) is 0 Å². The smallest absolute Gasteiger partial charge is 1.00 e. The Morgan fingerprint density at radius 3 is 1.26 bits per heavy atom. The molecule has 129 valence electrons. The molecule has 0 saturated carbocycles. The van der Waals surface area contributed by atoms with Gasteiger partial charge in [0.1, 0.15) is 0 Å². The van der Waals surface area contributed by atoms with E-state index < -0.39 is 0 Å². The van der Waals surface area contributed by atoms with Crippen LogP contribution in [-0.4, -0.2) is 9.52 Å². The molecule has 1 aliphatic carbocycles. The van der Waals surface area contributed by atoms with E-state index in [4.69, 9.17) is 0 Å². The summed E-state index contributed by atoms with van der Waals surface area (Å²) in [6, 6.07) is 2.24.